The van der Waals surface area contributed by atoms with E-state index < -0.39 is 0 Å². The maximum atomic E-state index is 13.0. The molecule has 1 N–H and O–H groups in total. The molecule has 0 saturated heterocycles. The number of amides is 1. The lowest BCUT2D eigenvalue weighted by Crippen LogP contribution is -2.13. The van der Waals surface area contributed by atoms with Crippen LogP contribution < -0.4 is 10.1 Å². The third-order valence-corrected chi connectivity index (χ3v) is 3.59. The minimum Gasteiger partial charge on any atom is -0.488 e. The molecule has 126 valence electrons. The van der Waals surface area contributed by atoms with Crippen molar-refractivity contribution in [3.05, 3.63) is 89.5 Å². The summed E-state index contributed by atoms with van der Waals surface area (Å²) < 4.78 is 18.7. The zero-order chi connectivity index (χ0) is 17.6. The molecule has 3 rings (SSSR count). The van der Waals surface area contributed by atoms with Gasteiger partial charge in [-0.3, -0.25) is 9.78 Å². The van der Waals surface area contributed by atoms with Crippen molar-refractivity contribution in [1.82, 2.24) is 4.98 Å². The van der Waals surface area contributed by atoms with Crippen LogP contribution in [0.3, 0.4) is 0 Å². The highest BCUT2D eigenvalue weighted by Crippen LogP contribution is 2.21. The third-order valence-electron chi connectivity index (χ3n) is 3.59. The zero-order valence-corrected chi connectivity index (χ0v) is 13.7. The molecule has 0 spiro atoms. The number of aromatic nitrogens is 1. The van der Waals surface area contributed by atoms with Crippen molar-refractivity contribution in [1.29, 1.82) is 0 Å². The summed E-state index contributed by atoms with van der Waals surface area (Å²) >= 11 is 0. The molecule has 0 bridgehead atoms. The molecule has 5 heteroatoms. The molecule has 25 heavy (non-hydrogen) atoms. The van der Waals surface area contributed by atoms with Crippen LogP contribution in [0.5, 0.6) is 5.75 Å². The van der Waals surface area contributed by atoms with Crippen LogP contribution >= 0.6 is 0 Å². The molecule has 2 aromatic carbocycles. The first kappa shape index (κ1) is 16.6. The zero-order valence-electron chi connectivity index (χ0n) is 13.7. The van der Waals surface area contributed by atoms with Crippen LogP contribution in [0.4, 0.5) is 10.1 Å². The van der Waals surface area contributed by atoms with E-state index in [1.54, 1.807) is 54.7 Å². The normalized spacial score (nSPS) is 10.3. The molecule has 1 heterocycles. The lowest BCUT2D eigenvalue weighted by Gasteiger charge is -2.12. The number of nitrogens with zero attached hydrogens (tertiary/aromatic N) is 1. The van der Waals surface area contributed by atoms with Crippen LogP contribution in [-0.2, 0) is 6.61 Å². The lowest BCUT2D eigenvalue weighted by atomic mass is 10.1. The number of anilines is 1. The van der Waals surface area contributed by atoms with Gasteiger partial charge in [0.1, 0.15) is 18.2 Å². The van der Waals surface area contributed by atoms with Gasteiger partial charge >= 0.3 is 0 Å². The number of ether oxygens (including phenoxy) is 1. The Hall–Kier alpha value is -3.21. The van der Waals surface area contributed by atoms with E-state index in [0.29, 0.717) is 17.0 Å². The fourth-order valence-corrected chi connectivity index (χ4v) is 2.34. The number of pyridine rings is 1. The van der Waals surface area contributed by atoms with Gasteiger partial charge in [0, 0.05) is 17.6 Å². The second kappa shape index (κ2) is 7.57. The first-order valence-electron chi connectivity index (χ1n) is 7.82. The number of hydrogen-bond acceptors (Lipinski definition) is 3. The van der Waals surface area contributed by atoms with E-state index in [4.69, 9.17) is 4.74 Å². The molecule has 1 aromatic heterocycles. The second-order valence-corrected chi connectivity index (χ2v) is 5.55. The van der Waals surface area contributed by atoms with Gasteiger partial charge in [0.05, 0.1) is 5.56 Å². The number of aryl methyl sites for hydroxylation is 1. The monoisotopic (exact) mass is 336 g/mol. The van der Waals surface area contributed by atoms with Crippen molar-refractivity contribution >= 4 is 11.6 Å². The fourth-order valence-electron chi connectivity index (χ4n) is 2.34. The summed E-state index contributed by atoms with van der Waals surface area (Å²) in [5.41, 5.74) is 2.74. The van der Waals surface area contributed by atoms with Crippen LogP contribution in [0.15, 0.2) is 66.9 Å². The summed E-state index contributed by atoms with van der Waals surface area (Å²) in [5, 5.41) is 2.84. The third kappa shape index (κ3) is 4.41. The van der Waals surface area contributed by atoms with Gasteiger partial charge in [0.15, 0.2) is 0 Å². The Morgan fingerprint density at radius 1 is 1.12 bits per heavy atom. The van der Waals surface area contributed by atoms with Gasteiger partial charge in [0.2, 0.25) is 0 Å². The number of benzene rings is 2. The van der Waals surface area contributed by atoms with E-state index in [9.17, 15) is 9.18 Å². The maximum absolute atomic E-state index is 13.0. The summed E-state index contributed by atoms with van der Waals surface area (Å²) in [5.74, 6) is -0.0911. The number of para-hydroxylation sites is 1. The Kier molecular flexibility index (Phi) is 5.04. The molecule has 0 atom stereocenters. The Balaban J connectivity index is 1.73. The van der Waals surface area contributed by atoms with E-state index in [0.717, 1.165) is 11.3 Å². The van der Waals surface area contributed by atoms with E-state index in [2.05, 4.69) is 10.3 Å². The van der Waals surface area contributed by atoms with Crippen LogP contribution in [-0.4, -0.2) is 10.9 Å². The molecule has 0 aliphatic carbocycles. The summed E-state index contributed by atoms with van der Waals surface area (Å²) in [6, 6.07) is 16.6. The average Bonchev–Trinajstić information content (AvgIpc) is 2.61. The minimum absolute atomic E-state index is 0.249. The Bertz CT molecular complexity index is 879. The van der Waals surface area contributed by atoms with Crippen molar-refractivity contribution in [3.8, 4) is 5.75 Å². The Labute approximate surface area is 145 Å². The molecule has 1 amide bonds. The number of halogens is 1. The van der Waals surface area contributed by atoms with E-state index in [-0.39, 0.29) is 18.3 Å². The first-order valence-corrected chi connectivity index (χ1v) is 7.82. The number of carbonyl (C=O) groups excluding carboxylic acids is 1. The maximum Gasteiger partial charge on any atom is 0.259 e. The van der Waals surface area contributed by atoms with Crippen molar-refractivity contribution in [2.24, 2.45) is 0 Å². The average molecular weight is 336 g/mol. The summed E-state index contributed by atoms with van der Waals surface area (Å²) in [6.07, 6.45) is 1.64. The van der Waals surface area contributed by atoms with Crippen molar-refractivity contribution < 1.29 is 13.9 Å². The highest BCUT2D eigenvalue weighted by atomic mass is 19.1. The van der Waals surface area contributed by atoms with Crippen LogP contribution in [0.1, 0.15) is 21.6 Å². The summed E-state index contributed by atoms with van der Waals surface area (Å²) in [7, 11) is 0. The smallest absolute Gasteiger partial charge is 0.259 e. The first-order chi connectivity index (χ1) is 12.1. The molecule has 0 aliphatic heterocycles. The van der Waals surface area contributed by atoms with Crippen LogP contribution in [0, 0.1) is 12.7 Å². The standard InChI is InChI=1S/C20H17FN2O2/c1-14-12-17(10-11-22-14)23-20(24)18-4-2-3-5-19(18)25-13-15-6-8-16(21)9-7-15/h2-12H,13H2,1H3,(H,22,23,24). The van der Waals surface area contributed by atoms with Crippen LogP contribution in [0.25, 0.3) is 0 Å². The van der Waals surface area contributed by atoms with Gasteiger partial charge in [-0.1, -0.05) is 24.3 Å². The predicted octanol–water partition coefficient (Wildman–Crippen LogP) is 4.36. The van der Waals surface area contributed by atoms with Crippen LogP contribution in [0.2, 0.25) is 0 Å². The molecule has 0 radical (unpaired) electrons. The number of hydrogen-bond donors (Lipinski definition) is 1. The van der Waals surface area contributed by atoms with Gasteiger partial charge in [-0.15, -0.1) is 0 Å². The van der Waals surface area contributed by atoms with Gasteiger partial charge in [-0.2, -0.15) is 0 Å². The van der Waals surface area contributed by atoms with Crippen molar-refractivity contribution in [2.75, 3.05) is 5.32 Å². The fraction of sp³-hybridized carbons (Fsp3) is 0.100. The highest BCUT2D eigenvalue weighted by Gasteiger charge is 2.12. The van der Waals surface area contributed by atoms with Crippen molar-refractivity contribution in [3.63, 3.8) is 0 Å². The highest BCUT2D eigenvalue weighted by molar-refractivity contribution is 6.06. The topological polar surface area (TPSA) is 51.2 Å². The quantitative estimate of drug-likeness (QED) is 0.753. The molecule has 0 fully saturated rings. The Morgan fingerprint density at radius 3 is 2.64 bits per heavy atom. The van der Waals surface area contributed by atoms with Gasteiger partial charge in [-0.05, 0) is 48.9 Å². The van der Waals surface area contributed by atoms with Gasteiger partial charge in [-0.25, -0.2) is 4.39 Å². The van der Waals surface area contributed by atoms with E-state index in [1.165, 1.54) is 12.1 Å². The number of rotatable bonds is 5. The van der Waals surface area contributed by atoms with E-state index in [1.807, 2.05) is 6.92 Å². The molecular formula is C20H17FN2O2. The Morgan fingerprint density at radius 2 is 1.88 bits per heavy atom. The summed E-state index contributed by atoms with van der Waals surface area (Å²) in [4.78, 5) is 16.6. The largest absolute Gasteiger partial charge is 0.488 e. The molecule has 0 unspecified atom stereocenters. The molecular weight excluding hydrogens is 319 g/mol. The molecule has 0 aliphatic rings. The second-order valence-electron chi connectivity index (χ2n) is 5.55. The summed E-state index contributed by atoms with van der Waals surface area (Å²) in [6.45, 7) is 2.11. The SMILES string of the molecule is Cc1cc(NC(=O)c2ccccc2OCc2ccc(F)cc2)ccn1. The molecule has 0 saturated carbocycles. The van der Waals surface area contributed by atoms with Gasteiger partial charge < -0.3 is 10.1 Å². The molecule has 4 nitrogen and oxygen atoms in total. The van der Waals surface area contributed by atoms with E-state index >= 15 is 0 Å². The lowest BCUT2D eigenvalue weighted by molar-refractivity contribution is 0.102. The minimum atomic E-state index is -0.295. The number of carbonyl (C=O) groups is 1. The van der Waals surface area contributed by atoms with Gasteiger partial charge in [0.25, 0.3) is 5.91 Å². The van der Waals surface area contributed by atoms with Crippen molar-refractivity contribution in [2.45, 2.75) is 13.5 Å². The molecule has 3 aromatic rings. The predicted molar refractivity (Wildman–Crippen MR) is 94.1 cm³/mol. The number of nitrogens with one attached hydrogen (secondary N) is 1.